The fourth-order valence-electron chi connectivity index (χ4n) is 13.1. The van der Waals surface area contributed by atoms with Crippen molar-refractivity contribution < 1.29 is 102 Å². The number of aryl methyl sites for hydroxylation is 2. The third-order valence-electron chi connectivity index (χ3n) is 21.0. The summed E-state index contributed by atoms with van der Waals surface area (Å²) in [5.41, 5.74) is 26.5. The largest absolute Gasteiger partial charge is 0.480 e. The number of ether oxygens (including phenoxy) is 1. The molecule has 0 saturated carbocycles. The maximum Gasteiger partial charge on any atom is 0.408 e. The lowest BCUT2D eigenvalue weighted by atomic mass is 9.87. The molecule has 118 heavy (non-hydrogen) atoms. The quantitative estimate of drug-likeness (QED) is 0.0370. The number of piperidine rings is 5. The van der Waals surface area contributed by atoms with E-state index in [4.69, 9.17) is 58.0 Å². The number of carbonyl (C=O) groups is 12. The summed E-state index contributed by atoms with van der Waals surface area (Å²) >= 11 is 12.3. The summed E-state index contributed by atoms with van der Waals surface area (Å²) in [6.45, 7) is 15.5. The van der Waals surface area contributed by atoms with Crippen LogP contribution in [0.1, 0.15) is 133 Å². The zero-order valence-electron chi connectivity index (χ0n) is 68.8. The first-order valence-electron chi connectivity index (χ1n) is 38.1. The van der Waals surface area contributed by atoms with Gasteiger partial charge in [-0.3, -0.25) is 47.9 Å². The highest BCUT2D eigenvalue weighted by Gasteiger charge is 2.49. The Morgan fingerprint density at radius 2 is 0.797 bits per heavy atom. The highest BCUT2D eigenvalue weighted by molar-refractivity contribution is 8.00. The van der Waals surface area contributed by atoms with Gasteiger partial charge in [0, 0.05) is 43.3 Å². The topological polar surface area (TPSA) is 577 Å². The van der Waals surface area contributed by atoms with Gasteiger partial charge in [0.15, 0.2) is 0 Å². The second kappa shape index (κ2) is 51.4. The first-order valence-corrected chi connectivity index (χ1v) is 42.1. The summed E-state index contributed by atoms with van der Waals surface area (Å²) in [4.78, 5) is 150. The Labute approximate surface area is 724 Å². The van der Waals surface area contributed by atoms with Gasteiger partial charge in [-0.1, -0.05) is 59.7 Å². The van der Waals surface area contributed by atoms with Gasteiger partial charge >= 0.3 is 47.9 Å². The number of alkyl carbamates (subject to hydrolysis) is 1. The highest BCUT2D eigenvalue weighted by Crippen LogP contribution is 2.43. The van der Waals surface area contributed by atoms with Crippen molar-refractivity contribution >= 4 is 156 Å². The maximum atomic E-state index is 12.6. The predicted octanol–water partition coefficient (Wildman–Crippen LogP) is 2.72. The number of aliphatic carboxylic acids is 7. The van der Waals surface area contributed by atoms with Crippen molar-refractivity contribution in [3.8, 4) is 0 Å². The molecule has 5 aliphatic heterocycles. The van der Waals surface area contributed by atoms with Gasteiger partial charge in [-0.25, -0.2) is 9.59 Å². The van der Waals surface area contributed by atoms with E-state index in [0.717, 1.165) is 76.3 Å². The summed E-state index contributed by atoms with van der Waals surface area (Å²) in [7, 11) is 7.62. The van der Waals surface area contributed by atoms with E-state index in [-0.39, 0.29) is 68.1 Å². The molecule has 21 N–H and O–H groups in total. The van der Waals surface area contributed by atoms with Crippen LogP contribution in [0.15, 0.2) is 48.5 Å². The second-order valence-corrected chi connectivity index (χ2v) is 37.4. The molecule has 0 aromatic heterocycles. The van der Waals surface area contributed by atoms with Crippen LogP contribution in [0, 0.1) is 18.6 Å². The Morgan fingerprint density at radius 3 is 1.13 bits per heavy atom. The summed E-state index contributed by atoms with van der Waals surface area (Å²) in [5, 5.41) is 75.2. The highest BCUT2D eigenvalue weighted by atomic mass is 35.5. The second-order valence-electron chi connectivity index (χ2n) is 31.5. The molecular formula is C75H126Cl2N15O21S5-. The number of thioether (sulfide) groups is 2. The van der Waals surface area contributed by atoms with E-state index in [9.17, 15) is 72.0 Å². The Hall–Kier alpha value is -6.55. The van der Waals surface area contributed by atoms with Crippen LogP contribution in [0.5, 0.6) is 0 Å². The van der Waals surface area contributed by atoms with E-state index in [1.165, 1.54) is 16.7 Å². The fourth-order valence-corrected chi connectivity index (χ4v) is 17.5. The lowest BCUT2D eigenvalue weighted by Gasteiger charge is -2.48. The molecule has 5 heterocycles. The van der Waals surface area contributed by atoms with Crippen LogP contribution in [-0.2, 0) is 83.8 Å². The first-order chi connectivity index (χ1) is 53.9. The third-order valence-corrected chi connectivity index (χ3v) is 27.2. The number of carboxylic acids is 7. The molecular weight excluding hydrogens is 1680 g/mol. The van der Waals surface area contributed by atoms with Gasteiger partial charge in [0.05, 0.1) is 6.04 Å². The fraction of sp³-hybridized carbons (Fsp3) is 0.680. The number of nitrogens with zero attached hydrogens (tertiary/aromatic N) is 5. The Balaban J connectivity index is 0.000000747. The summed E-state index contributed by atoms with van der Waals surface area (Å²) in [6.07, 6.45) is 4.50. The molecule has 7 rings (SSSR count). The molecule has 0 radical (unpaired) electrons. The van der Waals surface area contributed by atoms with E-state index in [1.807, 2.05) is 40.0 Å². The zero-order chi connectivity index (χ0) is 87.9. The summed E-state index contributed by atoms with van der Waals surface area (Å²) in [6, 6.07) is 9.13. The number of benzene rings is 2. The van der Waals surface area contributed by atoms with Crippen LogP contribution in [0.4, 0.5) is 4.79 Å². The molecule has 5 saturated heterocycles. The van der Waals surface area contributed by atoms with Crippen molar-refractivity contribution in [3.63, 3.8) is 0 Å². The average Bonchev–Trinajstić information content (AvgIpc) is 0.604. The van der Waals surface area contributed by atoms with Gasteiger partial charge < -0.3 is 123 Å². The van der Waals surface area contributed by atoms with Gasteiger partial charge in [0.2, 0.25) is 23.6 Å². The van der Waals surface area contributed by atoms with E-state index in [0.29, 0.717) is 57.6 Å². The van der Waals surface area contributed by atoms with Crippen molar-refractivity contribution in [1.82, 2.24) is 51.1 Å². The molecule has 2 aromatic carbocycles. The SMILES string of the molecule is CN1CCC(C(NC(=O)CCC(N)C(=O)O)C(=O)NCC(=O)O)([S-](=N)=O)CC1.CN1CCC(S)(C(N)C(=O)O)CC1.CN1CCC(S)(C(NC(=O)CCC(N)C(=O)O)C(=O)NCC(=O)O)CC1.Cc1ccc(CSC2(C(N)C(=O)O)CCN(C)CC2)cc1.Cc1ccc(CSC2(C(NC(=O)OC(C)(C)C)C(=O)O)CCN(C)CC2)cc1.Cl.Cl. The molecule has 5 amide bonds. The van der Waals surface area contributed by atoms with Crippen LogP contribution >= 0.6 is 73.6 Å². The molecule has 5 aliphatic rings. The van der Waals surface area contributed by atoms with Crippen LogP contribution in [-0.4, -0.2) is 317 Å². The number of nitrogens with one attached hydrogen (secondary N) is 6. The first kappa shape index (κ1) is 109. The average molecular weight is 1810 g/mol. The van der Waals surface area contributed by atoms with Crippen molar-refractivity contribution in [2.75, 3.05) is 114 Å². The minimum atomic E-state index is -2.25. The van der Waals surface area contributed by atoms with Crippen LogP contribution < -0.4 is 49.5 Å². The van der Waals surface area contributed by atoms with Gasteiger partial charge in [-0.05, 0) is 228 Å². The predicted molar refractivity (Wildman–Crippen MR) is 462 cm³/mol. The number of rotatable bonds is 32. The Bertz CT molecular complexity index is 3660. The third kappa shape index (κ3) is 37.0. The minimum absolute atomic E-state index is 0. The smallest absolute Gasteiger partial charge is 0.408 e. The number of thiol groups is 2. The molecule has 672 valence electrons. The number of hydrogen-bond acceptors (Lipinski definition) is 29. The monoisotopic (exact) mass is 1800 g/mol. The number of hydrogen-bond donors (Lipinski definition) is 19. The number of nitrogens with two attached hydrogens (primary N) is 4. The zero-order valence-corrected chi connectivity index (χ0v) is 74.7. The van der Waals surface area contributed by atoms with Crippen molar-refractivity contribution in [3.05, 3.63) is 70.8 Å². The molecule has 0 bridgehead atoms. The Morgan fingerprint density at radius 1 is 0.475 bits per heavy atom. The van der Waals surface area contributed by atoms with Gasteiger partial charge in [0.25, 0.3) is 0 Å². The van der Waals surface area contributed by atoms with E-state index in [2.05, 4.69) is 134 Å². The van der Waals surface area contributed by atoms with E-state index < -0.39 is 162 Å². The summed E-state index contributed by atoms with van der Waals surface area (Å²) < 4.78 is 21.7. The van der Waals surface area contributed by atoms with Crippen molar-refractivity contribution in [1.29, 1.82) is 4.78 Å². The molecule has 0 aliphatic carbocycles. The lowest BCUT2D eigenvalue weighted by Crippen LogP contribution is -2.63. The molecule has 2 aromatic rings. The lowest BCUT2D eigenvalue weighted by molar-refractivity contribution is -0.141. The molecule has 7 atom stereocenters. The van der Waals surface area contributed by atoms with Crippen molar-refractivity contribution in [2.45, 2.75) is 208 Å². The number of carbonyl (C=O) groups excluding carboxylic acids is 5. The standard InChI is InChI=1S/C21H32N2O4S.C16H24N2O2S.C15H26N5O7S.C15H26N4O6S.C8H16N2O2S.2ClH/c1-15-6-8-16(9-7-15)14-28-21(10-12-23(5)13-11-21)17(18(24)25)22-19(26)27-20(2,3)4;1-12-3-5-13(6-4-12)11-21-16(14(17)15(19)20)7-9-18(2)10-8-16;1-20-6-4-15(5-7-20,28(17)27)12(13(24)18-8-11(22)23)19-10(21)3-2-9(16)14(25)26;1-19-6-4-15(26,5-7-19)12(13(23)17-8-11(21)22)18-10(20)3-2-9(16)14(24)25;1-10-4-2-8(13,3-5-10)6(9)7(11)12;;/h6-9,17H,10-14H2,1-5H3,(H,22,26)(H,24,25);3-6,14H,7-11,17H2,1-2H3,(H,19,20);9,12,17H,2-8,16H2,1H3,(H,18,24)(H,19,21)(H,22,23)(H,25,26);9,12,26H,2-8,16H2,1H3,(H,17,23)(H,18,20)(H,21,22)(H,24,25);6,13H,2-5,9H2,1H3,(H,11,12);2*1H/q;;-1;;;;. The molecule has 0 spiro atoms. The number of likely N-dealkylation sites (tertiary alicyclic amines) is 5. The van der Waals surface area contributed by atoms with Gasteiger partial charge in [0.1, 0.15) is 54.9 Å². The molecule has 7 unspecified atom stereocenters. The molecule has 5 fully saturated rings. The van der Waals surface area contributed by atoms with Crippen LogP contribution in [0.2, 0.25) is 0 Å². The number of amides is 5. The van der Waals surface area contributed by atoms with Gasteiger partial charge in [-0.15, -0.1) is 48.3 Å². The van der Waals surface area contributed by atoms with Crippen LogP contribution in [0.3, 0.4) is 0 Å². The number of carboxylic acid groups (broad SMARTS) is 7. The van der Waals surface area contributed by atoms with Crippen molar-refractivity contribution in [2.24, 2.45) is 22.9 Å². The Kier molecular flexibility index (Phi) is 47.7. The minimum Gasteiger partial charge on any atom is -0.480 e. The molecule has 43 heteroatoms. The van der Waals surface area contributed by atoms with E-state index >= 15 is 0 Å². The normalized spacial score (nSPS) is 19.4. The maximum absolute atomic E-state index is 12.6. The molecule has 36 nitrogen and oxygen atoms in total. The number of halogens is 2. The van der Waals surface area contributed by atoms with Gasteiger partial charge in [-0.2, -0.15) is 35.9 Å². The van der Waals surface area contributed by atoms with Crippen LogP contribution in [0.25, 0.3) is 0 Å². The van der Waals surface area contributed by atoms with E-state index in [1.54, 1.807) is 44.3 Å². The summed E-state index contributed by atoms with van der Waals surface area (Å²) in [5.74, 6) is -9.08.